The number of fused-ring (bicyclic) bond motifs is 1. The summed E-state index contributed by atoms with van der Waals surface area (Å²) >= 11 is 0. The number of nitrogens with zero attached hydrogens (tertiary/aromatic N) is 1. The smallest absolute Gasteiger partial charge is 0.335 e. The van der Waals surface area contributed by atoms with Gasteiger partial charge in [-0.2, -0.15) is 0 Å². The lowest BCUT2D eigenvalue weighted by atomic mass is 10.1. The number of carboxylic acids is 1. The zero-order chi connectivity index (χ0) is 13.4. The van der Waals surface area contributed by atoms with E-state index in [-0.39, 0.29) is 11.0 Å². The van der Waals surface area contributed by atoms with Crippen LogP contribution in [0.15, 0.2) is 53.6 Å². The summed E-state index contributed by atoms with van der Waals surface area (Å²) < 4.78 is 1.81. The van der Waals surface area contributed by atoms with Gasteiger partial charge in [-0.1, -0.05) is 12.1 Å². The van der Waals surface area contributed by atoms with Crippen LogP contribution in [0.4, 0.5) is 0 Å². The van der Waals surface area contributed by atoms with Gasteiger partial charge >= 0.3 is 5.97 Å². The van der Waals surface area contributed by atoms with E-state index in [2.05, 4.69) is 4.98 Å². The normalized spacial score (nSPS) is 10.7. The number of H-pyrrole nitrogens is 1. The first-order chi connectivity index (χ1) is 9.13. The highest BCUT2D eigenvalue weighted by molar-refractivity contribution is 5.88. The number of benzene rings is 1. The summed E-state index contributed by atoms with van der Waals surface area (Å²) in [6.07, 6.45) is 3.54. The molecular formula is C14H10N2O3. The van der Waals surface area contributed by atoms with Crippen molar-refractivity contribution in [1.29, 1.82) is 0 Å². The van der Waals surface area contributed by atoms with Gasteiger partial charge in [-0.25, -0.2) is 4.79 Å². The summed E-state index contributed by atoms with van der Waals surface area (Å²) in [4.78, 5) is 25.1. The molecule has 0 atom stereocenters. The molecule has 5 nitrogen and oxygen atoms in total. The number of pyridine rings is 1. The molecule has 0 spiro atoms. The third kappa shape index (κ3) is 2.01. The van der Waals surface area contributed by atoms with Crippen LogP contribution in [0.25, 0.3) is 16.9 Å². The van der Waals surface area contributed by atoms with Crippen LogP contribution in [-0.2, 0) is 0 Å². The Morgan fingerprint density at radius 2 is 1.89 bits per heavy atom. The van der Waals surface area contributed by atoms with Crippen molar-refractivity contribution in [3.63, 3.8) is 0 Å². The predicted octanol–water partition coefficient (Wildman–Crippen LogP) is 1.99. The van der Waals surface area contributed by atoms with E-state index in [4.69, 9.17) is 5.11 Å². The minimum absolute atomic E-state index is 0.0605. The molecule has 0 saturated carbocycles. The Morgan fingerprint density at radius 3 is 2.58 bits per heavy atom. The van der Waals surface area contributed by atoms with Gasteiger partial charge < -0.3 is 14.5 Å². The maximum Gasteiger partial charge on any atom is 0.335 e. The van der Waals surface area contributed by atoms with Gasteiger partial charge in [0, 0.05) is 24.5 Å². The molecule has 5 heteroatoms. The summed E-state index contributed by atoms with van der Waals surface area (Å²) in [7, 11) is 0. The minimum Gasteiger partial charge on any atom is -0.478 e. The zero-order valence-corrected chi connectivity index (χ0v) is 9.83. The van der Waals surface area contributed by atoms with Crippen molar-refractivity contribution in [2.75, 3.05) is 0 Å². The van der Waals surface area contributed by atoms with E-state index in [1.54, 1.807) is 30.5 Å². The third-order valence-electron chi connectivity index (χ3n) is 2.93. The molecule has 0 aliphatic rings. The molecule has 94 valence electrons. The van der Waals surface area contributed by atoms with Crippen LogP contribution in [0, 0.1) is 0 Å². The van der Waals surface area contributed by atoms with Crippen molar-refractivity contribution in [2.45, 2.75) is 0 Å². The number of carbonyl (C=O) groups is 1. The van der Waals surface area contributed by atoms with Gasteiger partial charge in [-0.15, -0.1) is 0 Å². The summed E-state index contributed by atoms with van der Waals surface area (Å²) in [5.74, 6) is -0.950. The maximum absolute atomic E-state index is 11.3. The van der Waals surface area contributed by atoms with Crippen LogP contribution < -0.4 is 5.43 Å². The number of aromatic nitrogens is 2. The van der Waals surface area contributed by atoms with E-state index >= 15 is 0 Å². The van der Waals surface area contributed by atoms with Crippen molar-refractivity contribution in [1.82, 2.24) is 9.38 Å². The van der Waals surface area contributed by atoms with E-state index < -0.39 is 5.97 Å². The fourth-order valence-electron chi connectivity index (χ4n) is 1.95. The summed E-state index contributed by atoms with van der Waals surface area (Å²) in [5, 5.41) is 8.84. The first kappa shape index (κ1) is 11.3. The second-order valence-corrected chi connectivity index (χ2v) is 4.21. The van der Waals surface area contributed by atoms with Crippen molar-refractivity contribution in [3.05, 3.63) is 64.6 Å². The molecule has 3 aromatic rings. The van der Waals surface area contributed by atoms with Gasteiger partial charge in [0.05, 0.1) is 11.3 Å². The maximum atomic E-state index is 11.3. The fraction of sp³-hybridized carbons (Fsp3) is 0. The molecule has 2 N–H and O–H groups in total. The van der Waals surface area contributed by atoms with Gasteiger partial charge in [-0.05, 0) is 17.7 Å². The monoisotopic (exact) mass is 254 g/mol. The summed E-state index contributed by atoms with van der Waals surface area (Å²) in [6.45, 7) is 0. The SMILES string of the molecule is O=C(O)c1ccc(-c2cn3ccc(=O)cc3[nH]2)cc1. The van der Waals surface area contributed by atoms with Gasteiger partial charge in [0.1, 0.15) is 5.65 Å². The molecule has 0 bridgehead atoms. The average Bonchev–Trinajstić information content (AvgIpc) is 2.81. The lowest BCUT2D eigenvalue weighted by Crippen LogP contribution is -1.97. The molecule has 1 aromatic carbocycles. The van der Waals surface area contributed by atoms with Crippen LogP contribution in [0.3, 0.4) is 0 Å². The first-order valence-corrected chi connectivity index (χ1v) is 5.68. The lowest BCUT2D eigenvalue weighted by molar-refractivity contribution is 0.0697. The number of nitrogens with one attached hydrogen (secondary N) is 1. The number of hydrogen-bond donors (Lipinski definition) is 2. The molecule has 2 heterocycles. The van der Waals surface area contributed by atoms with E-state index in [1.165, 1.54) is 12.1 Å². The largest absolute Gasteiger partial charge is 0.478 e. The molecule has 2 aromatic heterocycles. The van der Waals surface area contributed by atoms with E-state index in [1.807, 2.05) is 10.6 Å². The molecule has 0 fully saturated rings. The molecule has 0 radical (unpaired) electrons. The molecule has 0 aliphatic heterocycles. The predicted molar refractivity (Wildman–Crippen MR) is 70.4 cm³/mol. The molecular weight excluding hydrogens is 244 g/mol. The second kappa shape index (κ2) is 4.13. The third-order valence-corrected chi connectivity index (χ3v) is 2.93. The fourth-order valence-corrected chi connectivity index (χ4v) is 1.95. The Labute approximate surface area is 107 Å². The van der Waals surface area contributed by atoms with Crippen LogP contribution in [0.5, 0.6) is 0 Å². The topological polar surface area (TPSA) is 74.6 Å². The van der Waals surface area contributed by atoms with E-state index in [0.717, 1.165) is 11.3 Å². The zero-order valence-electron chi connectivity index (χ0n) is 9.83. The Morgan fingerprint density at radius 1 is 1.16 bits per heavy atom. The van der Waals surface area contributed by atoms with Crippen molar-refractivity contribution in [2.24, 2.45) is 0 Å². The van der Waals surface area contributed by atoms with Gasteiger partial charge in [-0.3, -0.25) is 4.79 Å². The quantitative estimate of drug-likeness (QED) is 0.734. The standard InChI is InChI=1S/C14H10N2O3/c17-11-5-6-16-8-12(15-13(16)7-11)9-1-3-10(4-2-9)14(18)19/h1-8,15H,(H,18,19). The molecule has 0 unspecified atom stereocenters. The Hall–Kier alpha value is -2.82. The number of aromatic carboxylic acids is 1. The number of aromatic amines is 1. The first-order valence-electron chi connectivity index (χ1n) is 5.68. The van der Waals surface area contributed by atoms with Crippen molar-refractivity contribution in [3.8, 4) is 11.3 Å². The molecule has 0 amide bonds. The molecule has 19 heavy (non-hydrogen) atoms. The Balaban J connectivity index is 2.08. The lowest BCUT2D eigenvalue weighted by Gasteiger charge is -1.98. The van der Waals surface area contributed by atoms with Crippen molar-refractivity contribution < 1.29 is 9.90 Å². The molecule has 0 aliphatic carbocycles. The van der Waals surface area contributed by atoms with Crippen LogP contribution >= 0.6 is 0 Å². The van der Waals surface area contributed by atoms with Crippen LogP contribution in [-0.4, -0.2) is 20.5 Å². The molecule has 0 saturated heterocycles. The Kier molecular flexibility index (Phi) is 2.45. The van der Waals surface area contributed by atoms with Gasteiger partial charge in [0.25, 0.3) is 0 Å². The summed E-state index contributed by atoms with van der Waals surface area (Å²) in [5.41, 5.74) is 2.57. The number of rotatable bonds is 2. The van der Waals surface area contributed by atoms with Gasteiger partial charge in [0.15, 0.2) is 5.43 Å². The van der Waals surface area contributed by atoms with Crippen LogP contribution in [0.2, 0.25) is 0 Å². The number of carboxylic acid groups (broad SMARTS) is 1. The molecule has 3 rings (SSSR count). The highest BCUT2D eigenvalue weighted by atomic mass is 16.4. The highest BCUT2D eigenvalue weighted by Crippen LogP contribution is 2.19. The highest BCUT2D eigenvalue weighted by Gasteiger charge is 2.05. The number of imidazole rings is 1. The average molecular weight is 254 g/mol. The van der Waals surface area contributed by atoms with Gasteiger partial charge in [0.2, 0.25) is 0 Å². The number of hydrogen-bond acceptors (Lipinski definition) is 2. The second-order valence-electron chi connectivity index (χ2n) is 4.21. The van der Waals surface area contributed by atoms with E-state index in [0.29, 0.717) is 5.65 Å². The Bertz CT molecular complexity index is 813. The van der Waals surface area contributed by atoms with Crippen molar-refractivity contribution >= 4 is 11.6 Å². The minimum atomic E-state index is -0.950. The summed E-state index contributed by atoms with van der Waals surface area (Å²) in [6, 6.07) is 9.55. The van der Waals surface area contributed by atoms with E-state index in [9.17, 15) is 9.59 Å². The van der Waals surface area contributed by atoms with Crippen LogP contribution in [0.1, 0.15) is 10.4 Å².